The van der Waals surface area contributed by atoms with E-state index >= 15 is 0 Å². The molecule has 0 bridgehead atoms. The number of nitrogens with one attached hydrogen (secondary N) is 1. The van der Waals surface area contributed by atoms with Crippen molar-refractivity contribution in [2.45, 2.75) is 24.1 Å². The van der Waals surface area contributed by atoms with Crippen molar-refractivity contribution in [2.75, 3.05) is 18.4 Å². The molecule has 166 valence electrons. The van der Waals surface area contributed by atoms with Gasteiger partial charge in [-0.05, 0) is 48.7 Å². The van der Waals surface area contributed by atoms with E-state index in [1.54, 1.807) is 47.4 Å². The van der Waals surface area contributed by atoms with Crippen molar-refractivity contribution in [1.29, 1.82) is 0 Å². The highest BCUT2D eigenvalue weighted by Gasteiger charge is 2.35. The Morgan fingerprint density at radius 2 is 1.84 bits per heavy atom. The average Bonchev–Trinajstić information content (AvgIpc) is 3.18. The number of amides is 1. The average molecular weight is 471 g/mol. The molecule has 1 N–H and O–H groups in total. The number of thiophene rings is 1. The Morgan fingerprint density at radius 3 is 2.53 bits per heavy atom. The number of carbonyl (C=O) groups is 2. The van der Waals surface area contributed by atoms with Gasteiger partial charge in [-0.2, -0.15) is 0 Å². The van der Waals surface area contributed by atoms with Gasteiger partial charge in [-0.15, -0.1) is 11.3 Å². The lowest BCUT2D eigenvalue weighted by molar-refractivity contribution is 0.0595. The first-order valence-corrected chi connectivity index (χ1v) is 12.3. The predicted octanol–water partition coefficient (Wildman–Crippen LogP) is 3.84. The fourth-order valence-electron chi connectivity index (χ4n) is 3.72. The molecule has 9 heteroatoms. The summed E-state index contributed by atoms with van der Waals surface area (Å²) in [5, 5.41) is 0. The zero-order chi connectivity index (χ0) is 22.9. The van der Waals surface area contributed by atoms with Gasteiger partial charge in [0.1, 0.15) is 0 Å². The molecule has 1 aliphatic rings. The van der Waals surface area contributed by atoms with Crippen molar-refractivity contribution in [2.24, 2.45) is 0 Å². The van der Waals surface area contributed by atoms with E-state index in [-0.39, 0.29) is 22.2 Å². The molecule has 32 heavy (non-hydrogen) atoms. The van der Waals surface area contributed by atoms with Crippen LogP contribution in [0.4, 0.5) is 5.69 Å². The molecule has 0 radical (unpaired) electrons. The highest BCUT2D eigenvalue weighted by molar-refractivity contribution is 7.94. The van der Waals surface area contributed by atoms with Gasteiger partial charge in [0.2, 0.25) is 0 Å². The second-order valence-corrected chi connectivity index (χ2v) is 10.5. The Hall–Kier alpha value is -3.17. The van der Waals surface area contributed by atoms with Gasteiger partial charge in [0.15, 0.2) is 4.21 Å². The smallest absolute Gasteiger partial charge is 0.340 e. The number of fused-ring (bicyclic) bond motifs is 1. The molecule has 3 aromatic rings. The summed E-state index contributed by atoms with van der Waals surface area (Å²) in [6, 6.07) is 15.9. The zero-order valence-corrected chi connectivity index (χ0v) is 19.3. The van der Waals surface area contributed by atoms with Gasteiger partial charge < -0.3 is 9.64 Å². The molecule has 0 spiro atoms. The Balaban J connectivity index is 1.70. The first-order chi connectivity index (χ1) is 15.3. The fraction of sp³-hybridized carbons (Fsp3) is 0.217. The number of hydrogen-bond donors (Lipinski definition) is 1. The van der Waals surface area contributed by atoms with Crippen LogP contribution >= 0.6 is 11.3 Å². The van der Waals surface area contributed by atoms with Gasteiger partial charge >= 0.3 is 5.97 Å². The largest absolute Gasteiger partial charge is 0.465 e. The molecular formula is C23H22N2O5S2. The van der Waals surface area contributed by atoms with Crippen LogP contribution in [0.15, 0.2) is 58.8 Å². The Morgan fingerprint density at radius 1 is 1.09 bits per heavy atom. The predicted molar refractivity (Wildman–Crippen MR) is 123 cm³/mol. The third-order valence-electron chi connectivity index (χ3n) is 5.24. The van der Waals surface area contributed by atoms with Crippen LogP contribution in [0.3, 0.4) is 0 Å². The Labute approximate surface area is 190 Å². The standard InChI is InChI=1S/C23H22N2O5S2/c1-15-7-6-10-17(13-15)24-32(28,29)23-20(22(27)30-2)18-11-12-25(14-19(18)31-23)21(26)16-8-4-3-5-9-16/h3-10,13,24H,11-12,14H2,1-2H3. The highest BCUT2D eigenvalue weighted by atomic mass is 32.2. The van der Waals surface area contributed by atoms with Gasteiger partial charge in [0, 0.05) is 22.7 Å². The van der Waals surface area contributed by atoms with Gasteiger partial charge in [0.05, 0.1) is 19.2 Å². The molecule has 2 heterocycles. The van der Waals surface area contributed by atoms with E-state index in [0.29, 0.717) is 34.7 Å². The van der Waals surface area contributed by atoms with Crippen molar-refractivity contribution in [1.82, 2.24) is 4.90 Å². The molecule has 0 unspecified atom stereocenters. The zero-order valence-electron chi connectivity index (χ0n) is 17.6. The lowest BCUT2D eigenvalue weighted by atomic mass is 10.0. The first-order valence-electron chi connectivity index (χ1n) is 9.97. The third-order valence-corrected chi connectivity index (χ3v) is 8.35. The maximum absolute atomic E-state index is 13.2. The molecule has 0 saturated heterocycles. The molecule has 0 aliphatic carbocycles. The van der Waals surface area contributed by atoms with Gasteiger partial charge in [-0.1, -0.05) is 30.3 Å². The maximum Gasteiger partial charge on any atom is 0.340 e. The monoisotopic (exact) mass is 470 g/mol. The molecule has 1 aliphatic heterocycles. The third kappa shape index (κ3) is 4.26. The molecule has 0 saturated carbocycles. The van der Waals surface area contributed by atoms with Gasteiger partial charge in [0.25, 0.3) is 15.9 Å². The minimum Gasteiger partial charge on any atom is -0.465 e. The van der Waals surface area contributed by atoms with Crippen LogP contribution in [0.1, 0.15) is 36.7 Å². The number of sulfonamides is 1. The second-order valence-electron chi connectivity index (χ2n) is 7.48. The highest BCUT2D eigenvalue weighted by Crippen LogP contribution is 2.37. The normalized spacial score (nSPS) is 13.4. The van der Waals surface area contributed by atoms with Crippen LogP contribution in [0.2, 0.25) is 0 Å². The number of nitrogens with zero attached hydrogens (tertiary/aromatic N) is 1. The van der Waals surface area contributed by atoms with E-state index in [1.807, 2.05) is 19.1 Å². The Kier molecular flexibility index (Phi) is 6.03. The van der Waals surface area contributed by atoms with Crippen LogP contribution in [0.5, 0.6) is 0 Å². The van der Waals surface area contributed by atoms with Crippen LogP contribution in [0.25, 0.3) is 0 Å². The number of benzene rings is 2. The molecule has 1 amide bonds. The molecule has 0 atom stereocenters. The number of rotatable bonds is 5. The summed E-state index contributed by atoms with van der Waals surface area (Å²) in [5.74, 6) is -0.832. The van der Waals surface area contributed by atoms with Gasteiger partial charge in [-0.25, -0.2) is 13.2 Å². The van der Waals surface area contributed by atoms with Crippen LogP contribution in [0, 0.1) is 6.92 Å². The summed E-state index contributed by atoms with van der Waals surface area (Å²) in [7, 11) is -2.81. The van der Waals surface area contributed by atoms with E-state index in [0.717, 1.165) is 16.9 Å². The molecule has 2 aromatic carbocycles. The number of esters is 1. The summed E-state index contributed by atoms with van der Waals surface area (Å²) >= 11 is 1.01. The lowest BCUT2D eigenvalue weighted by Crippen LogP contribution is -2.35. The summed E-state index contributed by atoms with van der Waals surface area (Å²) < 4.78 is 33.8. The molecular weight excluding hydrogens is 448 g/mol. The number of carbonyl (C=O) groups excluding carboxylic acids is 2. The van der Waals surface area contributed by atoms with Crippen LogP contribution in [-0.2, 0) is 27.7 Å². The Bertz CT molecular complexity index is 1280. The molecule has 0 fully saturated rings. The van der Waals surface area contributed by atoms with Crippen molar-refractivity contribution in [3.8, 4) is 0 Å². The minimum absolute atomic E-state index is 0.0551. The second kappa shape index (κ2) is 8.76. The van der Waals surface area contributed by atoms with Crippen molar-refractivity contribution in [3.63, 3.8) is 0 Å². The number of methoxy groups -OCH3 is 1. The summed E-state index contributed by atoms with van der Waals surface area (Å²) in [6.07, 6.45) is 0.370. The topological polar surface area (TPSA) is 92.8 Å². The van der Waals surface area contributed by atoms with Crippen molar-refractivity contribution >= 4 is 38.9 Å². The summed E-state index contributed by atoms with van der Waals surface area (Å²) in [5.41, 5.74) is 2.56. The number of ether oxygens (including phenoxy) is 1. The van der Waals surface area contributed by atoms with Crippen LogP contribution in [-0.4, -0.2) is 38.8 Å². The summed E-state index contributed by atoms with van der Waals surface area (Å²) in [4.78, 5) is 27.8. The fourth-order valence-corrected chi connectivity index (χ4v) is 6.67. The number of aryl methyl sites for hydroxylation is 1. The number of anilines is 1. The lowest BCUT2D eigenvalue weighted by Gasteiger charge is -2.27. The van der Waals surface area contributed by atoms with Crippen molar-refractivity contribution < 1.29 is 22.7 Å². The summed E-state index contributed by atoms with van der Waals surface area (Å²) in [6.45, 7) is 2.48. The molecule has 4 rings (SSSR count). The number of hydrogen-bond acceptors (Lipinski definition) is 6. The quantitative estimate of drug-likeness (QED) is 0.572. The minimum atomic E-state index is -4.04. The first kappa shape index (κ1) is 22.0. The van der Waals surface area contributed by atoms with E-state index in [2.05, 4.69) is 4.72 Å². The SMILES string of the molecule is COC(=O)c1c(S(=O)(=O)Nc2cccc(C)c2)sc2c1CCN(C(=O)c1ccccc1)C2. The van der Waals surface area contributed by atoms with Crippen LogP contribution < -0.4 is 4.72 Å². The maximum atomic E-state index is 13.2. The van der Waals surface area contributed by atoms with E-state index in [9.17, 15) is 18.0 Å². The van der Waals surface area contributed by atoms with E-state index in [1.165, 1.54) is 7.11 Å². The molecule has 7 nitrogen and oxygen atoms in total. The molecule has 1 aromatic heterocycles. The van der Waals surface area contributed by atoms with E-state index < -0.39 is 16.0 Å². The van der Waals surface area contributed by atoms with Gasteiger partial charge in [-0.3, -0.25) is 9.52 Å². The van der Waals surface area contributed by atoms with Crippen molar-refractivity contribution in [3.05, 3.63) is 81.7 Å². The van der Waals surface area contributed by atoms with E-state index in [4.69, 9.17) is 4.74 Å².